The second-order valence-corrected chi connectivity index (χ2v) is 6.51. The Morgan fingerprint density at radius 1 is 1.09 bits per heavy atom. The average Bonchev–Trinajstić information content (AvgIpc) is 2.53. The van der Waals surface area contributed by atoms with Crippen LogP contribution in [0.3, 0.4) is 0 Å². The molecule has 0 fully saturated rings. The third-order valence-corrected chi connectivity index (χ3v) is 4.50. The van der Waals surface area contributed by atoms with Crippen LogP contribution in [0.2, 0.25) is 0 Å². The molecule has 1 aliphatic rings. The van der Waals surface area contributed by atoms with Crippen LogP contribution < -0.4 is 0 Å². The first-order valence-electron chi connectivity index (χ1n) is 8.14. The summed E-state index contributed by atoms with van der Waals surface area (Å²) in [5.74, 6) is 0.270. The quantitative estimate of drug-likeness (QED) is 0.786. The number of pyridine rings is 1. The van der Waals surface area contributed by atoms with Crippen molar-refractivity contribution >= 4 is 0 Å². The van der Waals surface area contributed by atoms with Gasteiger partial charge in [-0.2, -0.15) is 5.26 Å². The number of benzene rings is 1. The third kappa shape index (κ3) is 2.52. The molecule has 2 aromatic rings. The molecule has 2 heteroatoms. The number of hydrogen-bond acceptors (Lipinski definition) is 2. The highest BCUT2D eigenvalue weighted by Crippen LogP contribution is 2.36. The van der Waals surface area contributed by atoms with E-state index in [2.05, 4.69) is 51.1 Å². The zero-order valence-electron chi connectivity index (χ0n) is 13.6. The maximum atomic E-state index is 9.78. The molecule has 3 rings (SSSR count). The lowest BCUT2D eigenvalue weighted by Crippen LogP contribution is -2.13. The van der Waals surface area contributed by atoms with Crippen molar-refractivity contribution in [1.29, 1.82) is 5.26 Å². The van der Waals surface area contributed by atoms with E-state index >= 15 is 0 Å². The fourth-order valence-electron chi connectivity index (χ4n) is 3.33. The first-order valence-corrected chi connectivity index (χ1v) is 8.14. The fraction of sp³-hybridized carbons (Fsp3) is 0.400. The largest absolute Gasteiger partial charge is 0.256 e. The molecule has 1 aromatic heterocycles. The summed E-state index contributed by atoms with van der Waals surface area (Å²) in [6, 6.07) is 11.0. The molecule has 0 atom stereocenters. The van der Waals surface area contributed by atoms with Gasteiger partial charge in [-0.05, 0) is 49.7 Å². The molecule has 0 N–H and O–H groups in total. The molecule has 0 bridgehead atoms. The van der Waals surface area contributed by atoms with Gasteiger partial charge in [-0.15, -0.1) is 0 Å². The minimum Gasteiger partial charge on any atom is -0.256 e. The highest BCUT2D eigenvalue weighted by molar-refractivity contribution is 5.76. The summed E-state index contributed by atoms with van der Waals surface area (Å²) in [4.78, 5) is 4.86. The van der Waals surface area contributed by atoms with Gasteiger partial charge in [-0.1, -0.05) is 43.7 Å². The Hall–Kier alpha value is -2.14. The Bertz CT molecular complexity index is 734. The van der Waals surface area contributed by atoms with E-state index in [-0.39, 0.29) is 5.92 Å². The van der Waals surface area contributed by atoms with Crippen molar-refractivity contribution in [2.45, 2.75) is 52.4 Å². The second kappa shape index (κ2) is 5.93. The summed E-state index contributed by atoms with van der Waals surface area (Å²) in [6.07, 6.45) is 4.48. The summed E-state index contributed by atoms with van der Waals surface area (Å²) in [5, 5.41) is 9.78. The first kappa shape index (κ1) is 14.8. The van der Waals surface area contributed by atoms with Gasteiger partial charge in [0, 0.05) is 11.3 Å². The third-order valence-electron chi connectivity index (χ3n) is 4.50. The standard InChI is InChI=1S/C20H22N2/c1-13(2)20-17(12-21)19(15-10-8-14(3)9-11-15)16-6-4-5-7-18(16)22-20/h8-11,13H,4-7H2,1-3H3. The Morgan fingerprint density at radius 2 is 1.77 bits per heavy atom. The van der Waals surface area contributed by atoms with Gasteiger partial charge in [0.25, 0.3) is 0 Å². The molecule has 22 heavy (non-hydrogen) atoms. The van der Waals surface area contributed by atoms with Crippen LogP contribution in [0.5, 0.6) is 0 Å². The Kier molecular flexibility index (Phi) is 3.98. The van der Waals surface area contributed by atoms with Gasteiger partial charge in [0.05, 0.1) is 11.3 Å². The van der Waals surface area contributed by atoms with Crippen LogP contribution in [0.25, 0.3) is 11.1 Å². The molecular formula is C20H22N2. The van der Waals surface area contributed by atoms with Gasteiger partial charge >= 0.3 is 0 Å². The predicted octanol–water partition coefficient (Wildman–Crippen LogP) is 4.93. The molecule has 1 heterocycles. The zero-order chi connectivity index (χ0) is 15.7. The van der Waals surface area contributed by atoms with E-state index in [0.717, 1.165) is 35.2 Å². The Balaban J connectivity index is 2.32. The van der Waals surface area contributed by atoms with Gasteiger partial charge in [-0.3, -0.25) is 4.98 Å². The van der Waals surface area contributed by atoms with Crippen molar-refractivity contribution < 1.29 is 0 Å². The summed E-state index contributed by atoms with van der Waals surface area (Å²) in [7, 11) is 0. The molecule has 112 valence electrons. The molecule has 0 unspecified atom stereocenters. The SMILES string of the molecule is Cc1ccc(-c2c(C#N)c(C(C)C)nc3c2CCCC3)cc1. The van der Waals surface area contributed by atoms with E-state index < -0.39 is 0 Å². The van der Waals surface area contributed by atoms with Gasteiger partial charge in [0.15, 0.2) is 0 Å². The fourth-order valence-corrected chi connectivity index (χ4v) is 3.33. The lowest BCUT2D eigenvalue weighted by molar-refractivity contribution is 0.658. The van der Waals surface area contributed by atoms with Crippen molar-refractivity contribution in [3.63, 3.8) is 0 Å². The van der Waals surface area contributed by atoms with Crippen molar-refractivity contribution in [3.05, 3.63) is 52.3 Å². The van der Waals surface area contributed by atoms with Gasteiger partial charge < -0.3 is 0 Å². The topological polar surface area (TPSA) is 36.7 Å². The first-order chi connectivity index (χ1) is 10.6. The number of aromatic nitrogens is 1. The predicted molar refractivity (Wildman–Crippen MR) is 89.9 cm³/mol. The maximum Gasteiger partial charge on any atom is 0.102 e. The minimum atomic E-state index is 0.270. The van der Waals surface area contributed by atoms with Crippen LogP contribution >= 0.6 is 0 Å². The van der Waals surface area contributed by atoms with Crippen molar-refractivity contribution in [2.75, 3.05) is 0 Å². The van der Waals surface area contributed by atoms with Gasteiger partial charge in [0.1, 0.15) is 6.07 Å². The number of rotatable bonds is 2. The molecule has 0 amide bonds. The average molecular weight is 290 g/mol. The zero-order valence-corrected chi connectivity index (χ0v) is 13.6. The van der Waals surface area contributed by atoms with Gasteiger partial charge in [-0.25, -0.2) is 0 Å². The van der Waals surface area contributed by atoms with E-state index in [9.17, 15) is 5.26 Å². The van der Waals surface area contributed by atoms with Crippen molar-refractivity contribution in [3.8, 4) is 17.2 Å². The number of aryl methyl sites for hydroxylation is 2. The van der Waals surface area contributed by atoms with E-state index in [1.165, 1.54) is 29.7 Å². The molecule has 0 radical (unpaired) electrons. The van der Waals surface area contributed by atoms with Crippen LogP contribution in [0, 0.1) is 18.3 Å². The van der Waals surface area contributed by atoms with Gasteiger partial charge in [0.2, 0.25) is 0 Å². The van der Waals surface area contributed by atoms with E-state index in [1.54, 1.807) is 0 Å². The van der Waals surface area contributed by atoms with Crippen LogP contribution in [-0.4, -0.2) is 4.98 Å². The summed E-state index contributed by atoms with van der Waals surface area (Å²) in [6.45, 7) is 6.34. The summed E-state index contributed by atoms with van der Waals surface area (Å²) in [5.41, 5.74) is 7.79. The summed E-state index contributed by atoms with van der Waals surface area (Å²) >= 11 is 0. The van der Waals surface area contributed by atoms with Crippen LogP contribution in [0.1, 0.15) is 60.7 Å². The van der Waals surface area contributed by atoms with Crippen molar-refractivity contribution in [2.24, 2.45) is 0 Å². The molecule has 0 spiro atoms. The highest BCUT2D eigenvalue weighted by atomic mass is 14.7. The second-order valence-electron chi connectivity index (χ2n) is 6.51. The minimum absolute atomic E-state index is 0.270. The summed E-state index contributed by atoms with van der Waals surface area (Å²) < 4.78 is 0. The van der Waals surface area contributed by atoms with E-state index in [1.807, 2.05) is 0 Å². The monoisotopic (exact) mass is 290 g/mol. The Labute approximate surface area is 132 Å². The molecule has 1 aliphatic carbocycles. The number of hydrogen-bond donors (Lipinski definition) is 0. The van der Waals surface area contributed by atoms with E-state index in [0.29, 0.717) is 0 Å². The van der Waals surface area contributed by atoms with Crippen LogP contribution in [-0.2, 0) is 12.8 Å². The number of nitriles is 1. The molecule has 2 nitrogen and oxygen atoms in total. The molecule has 0 aliphatic heterocycles. The number of fused-ring (bicyclic) bond motifs is 1. The maximum absolute atomic E-state index is 9.78. The molecule has 0 saturated carbocycles. The van der Waals surface area contributed by atoms with Crippen LogP contribution in [0.15, 0.2) is 24.3 Å². The smallest absolute Gasteiger partial charge is 0.102 e. The normalized spacial score (nSPS) is 13.8. The van der Waals surface area contributed by atoms with E-state index in [4.69, 9.17) is 4.98 Å². The van der Waals surface area contributed by atoms with Crippen LogP contribution in [0.4, 0.5) is 0 Å². The van der Waals surface area contributed by atoms with Crippen molar-refractivity contribution in [1.82, 2.24) is 4.98 Å². The lowest BCUT2D eigenvalue weighted by atomic mass is 9.84. The molecule has 1 aromatic carbocycles. The Morgan fingerprint density at radius 3 is 2.41 bits per heavy atom. The highest BCUT2D eigenvalue weighted by Gasteiger charge is 2.23. The molecule has 0 saturated heterocycles. The molecular weight excluding hydrogens is 268 g/mol. The lowest BCUT2D eigenvalue weighted by Gasteiger charge is -2.23. The number of nitrogens with zero attached hydrogens (tertiary/aromatic N) is 2.